The fourth-order valence-electron chi connectivity index (χ4n) is 2.59. The number of nitrogens with one attached hydrogen (secondary N) is 1. The van der Waals surface area contributed by atoms with Gasteiger partial charge in [-0.2, -0.15) is 0 Å². The van der Waals surface area contributed by atoms with Gasteiger partial charge in [0.05, 0.1) is 6.54 Å². The summed E-state index contributed by atoms with van der Waals surface area (Å²) >= 11 is 0. The van der Waals surface area contributed by atoms with Crippen LogP contribution in [0.5, 0.6) is 0 Å². The van der Waals surface area contributed by atoms with Gasteiger partial charge in [0.2, 0.25) is 0 Å². The molecule has 1 saturated heterocycles. The molecule has 1 fully saturated rings. The van der Waals surface area contributed by atoms with Gasteiger partial charge in [-0.25, -0.2) is 4.98 Å². The molecule has 0 atom stereocenters. The Morgan fingerprint density at radius 3 is 2.89 bits per heavy atom. The SMILES string of the molecule is CCCn1ccnc1CNCCCN1CCCC1. The molecule has 1 aromatic heterocycles. The first-order valence-corrected chi connectivity index (χ1v) is 7.33. The van der Waals surface area contributed by atoms with Crippen LogP contribution in [0.2, 0.25) is 0 Å². The summed E-state index contributed by atoms with van der Waals surface area (Å²) in [6, 6.07) is 0. The van der Waals surface area contributed by atoms with Crippen molar-refractivity contribution in [3.63, 3.8) is 0 Å². The summed E-state index contributed by atoms with van der Waals surface area (Å²) in [7, 11) is 0. The fourth-order valence-corrected chi connectivity index (χ4v) is 2.59. The van der Waals surface area contributed by atoms with E-state index in [0.717, 1.165) is 25.5 Å². The van der Waals surface area contributed by atoms with Gasteiger partial charge in [-0.1, -0.05) is 6.92 Å². The molecule has 0 aromatic carbocycles. The topological polar surface area (TPSA) is 33.1 Å². The van der Waals surface area contributed by atoms with Gasteiger partial charge in [-0.15, -0.1) is 0 Å². The first-order chi connectivity index (χ1) is 8.90. The smallest absolute Gasteiger partial charge is 0.122 e. The van der Waals surface area contributed by atoms with Gasteiger partial charge >= 0.3 is 0 Å². The second kappa shape index (κ2) is 7.54. The summed E-state index contributed by atoms with van der Waals surface area (Å²) in [5.74, 6) is 1.16. The molecular formula is C14H26N4. The van der Waals surface area contributed by atoms with Crippen molar-refractivity contribution in [2.24, 2.45) is 0 Å². The molecule has 0 saturated carbocycles. The van der Waals surface area contributed by atoms with Gasteiger partial charge in [0.25, 0.3) is 0 Å². The lowest BCUT2D eigenvalue weighted by Gasteiger charge is -2.14. The Morgan fingerprint density at radius 2 is 2.11 bits per heavy atom. The quantitative estimate of drug-likeness (QED) is 0.715. The summed E-state index contributed by atoms with van der Waals surface area (Å²) in [4.78, 5) is 6.97. The van der Waals surface area contributed by atoms with E-state index in [1.165, 1.54) is 45.3 Å². The minimum absolute atomic E-state index is 0.896. The van der Waals surface area contributed by atoms with Crippen molar-refractivity contribution in [2.75, 3.05) is 26.2 Å². The average Bonchev–Trinajstić information content (AvgIpc) is 3.01. The van der Waals surface area contributed by atoms with Crippen LogP contribution < -0.4 is 5.32 Å². The van der Waals surface area contributed by atoms with Crippen LogP contribution in [0.3, 0.4) is 0 Å². The number of rotatable bonds is 8. The zero-order valence-electron chi connectivity index (χ0n) is 11.6. The van der Waals surface area contributed by atoms with Gasteiger partial charge in [0, 0.05) is 18.9 Å². The molecule has 0 radical (unpaired) electrons. The van der Waals surface area contributed by atoms with Crippen LogP contribution in [0.1, 0.15) is 38.4 Å². The van der Waals surface area contributed by atoms with E-state index in [-0.39, 0.29) is 0 Å². The Bertz CT molecular complexity index is 328. The van der Waals surface area contributed by atoms with Crippen molar-refractivity contribution < 1.29 is 0 Å². The maximum absolute atomic E-state index is 4.40. The van der Waals surface area contributed by atoms with Gasteiger partial charge in [0.15, 0.2) is 0 Å². The highest BCUT2D eigenvalue weighted by Crippen LogP contribution is 2.07. The third-order valence-electron chi connectivity index (χ3n) is 3.58. The number of hydrogen-bond acceptors (Lipinski definition) is 3. The van der Waals surface area contributed by atoms with Crippen molar-refractivity contribution >= 4 is 0 Å². The Hall–Kier alpha value is -0.870. The molecule has 4 heteroatoms. The molecule has 1 N–H and O–H groups in total. The van der Waals surface area contributed by atoms with Crippen LogP contribution in [-0.4, -0.2) is 40.6 Å². The molecule has 2 rings (SSSR count). The Morgan fingerprint density at radius 1 is 1.28 bits per heavy atom. The summed E-state index contributed by atoms with van der Waals surface area (Å²) in [5, 5.41) is 3.50. The van der Waals surface area contributed by atoms with Crippen molar-refractivity contribution in [1.29, 1.82) is 0 Å². The maximum Gasteiger partial charge on any atom is 0.122 e. The lowest BCUT2D eigenvalue weighted by molar-refractivity contribution is 0.330. The molecule has 0 spiro atoms. The van der Waals surface area contributed by atoms with Gasteiger partial charge < -0.3 is 14.8 Å². The molecular weight excluding hydrogens is 224 g/mol. The first-order valence-electron chi connectivity index (χ1n) is 7.33. The molecule has 0 unspecified atom stereocenters. The molecule has 1 aromatic rings. The van der Waals surface area contributed by atoms with Crippen LogP contribution in [0, 0.1) is 0 Å². The van der Waals surface area contributed by atoms with Crippen LogP contribution >= 0.6 is 0 Å². The molecule has 102 valence electrons. The zero-order valence-corrected chi connectivity index (χ0v) is 11.6. The van der Waals surface area contributed by atoms with E-state index in [1.807, 2.05) is 6.20 Å². The van der Waals surface area contributed by atoms with Crippen LogP contribution in [0.4, 0.5) is 0 Å². The van der Waals surface area contributed by atoms with E-state index in [1.54, 1.807) is 0 Å². The minimum Gasteiger partial charge on any atom is -0.334 e. The lowest BCUT2D eigenvalue weighted by atomic mass is 10.4. The Labute approximate surface area is 110 Å². The third-order valence-corrected chi connectivity index (χ3v) is 3.58. The Balaban J connectivity index is 1.58. The summed E-state index contributed by atoms with van der Waals surface area (Å²) in [6.07, 6.45) is 9.16. The normalized spacial score (nSPS) is 16.5. The molecule has 0 aliphatic carbocycles. The molecule has 18 heavy (non-hydrogen) atoms. The van der Waals surface area contributed by atoms with Crippen molar-refractivity contribution in [3.05, 3.63) is 18.2 Å². The predicted molar refractivity (Wildman–Crippen MR) is 74.5 cm³/mol. The van der Waals surface area contributed by atoms with E-state index in [2.05, 4.69) is 32.9 Å². The fraction of sp³-hybridized carbons (Fsp3) is 0.786. The number of aromatic nitrogens is 2. The van der Waals surface area contributed by atoms with Crippen LogP contribution in [0.15, 0.2) is 12.4 Å². The van der Waals surface area contributed by atoms with E-state index >= 15 is 0 Å². The predicted octanol–water partition coefficient (Wildman–Crippen LogP) is 1.87. The monoisotopic (exact) mass is 250 g/mol. The molecule has 1 aliphatic heterocycles. The van der Waals surface area contributed by atoms with Crippen molar-refractivity contribution in [2.45, 2.75) is 45.7 Å². The summed E-state index contributed by atoms with van der Waals surface area (Å²) < 4.78 is 2.24. The molecule has 1 aliphatic rings. The van der Waals surface area contributed by atoms with E-state index < -0.39 is 0 Å². The number of likely N-dealkylation sites (tertiary alicyclic amines) is 1. The minimum atomic E-state index is 0.896. The van der Waals surface area contributed by atoms with Gasteiger partial charge in [0.1, 0.15) is 5.82 Å². The van der Waals surface area contributed by atoms with Gasteiger partial charge in [-0.3, -0.25) is 0 Å². The largest absolute Gasteiger partial charge is 0.334 e. The average molecular weight is 250 g/mol. The molecule has 4 nitrogen and oxygen atoms in total. The van der Waals surface area contributed by atoms with Crippen LogP contribution in [0.25, 0.3) is 0 Å². The van der Waals surface area contributed by atoms with E-state index in [0.29, 0.717) is 0 Å². The number of aryl methyl sites for hydroxylation is 1. The summed E-state index contributed by atoms with van der Waals surface area (Å²) in [6.45, 7) is 9.12. The van der Waals surface area contributed by atoms with Crippen LogP contribution in [-0.2, 0) is 13.1 Å². The molecule has 2 heterocycles. The number of imidazole rings is 1. The highest BCUT2D eigenvalue weighted by atomic mass is 15.1. The second-order valence-corrected chi connectivity index (χ2v) is 5.12. The number of nitrogens with zero attached hydrogens (tertiary/aromatic N) is 3. The second-order valence-electron chi connectivity index (χ2n) is 5.12. The number of hydrogen-bond donors (Lipinski definition) is 1. The first kappa shape index (κ1) is 13.6. The highest BCUT2D eigenvalue weighted by Gasteiger charge is 2.10. The molecule has 0 amide bonds. The maximum atomic E-state index is 4.40. The lowest BCUT2D eigenvalue weighted by Crippen LogP contribution is -2.25. The summed E-state index contributed by atoms with van der Waals surface area (Å²) in [5.41, 5.74) is 0. The van der Waals surface area contributed by atoms with Crippen molar-refractivity contribution in [3.8, 4) is 0 Å². The standard InChI is InChI=1S/C14H26N4/c1-2-8-18-12-7-16-14(18)13-15-6-5-11-17-9-3-4-10-17/h7,12,15H,2-6,8-11,13H2,1H3. The van der Waals surface area contributed by atoms with Crippen molar-refractivity contribution in [1.82, 2.24) is 19.8 Å². The Kier molecular flexibility index (Phi) is 5.68. The zero-order chi connectivity index (χ0) is 12.6. The third kappa shape index (κ3) is 4.10. The highest BCUT2D eigenvalue weighted by molar-refractivity contribution is 4.91. The van der Waals surface area contributed by atoms with E-state index in [4.69, 9.17) is 0 Å². The van der Waals surface area contributed by atoms with E-state index in [9.17, 15) is 0 Å². The molecule has 0 bridgehead atoms. The van der Waals surface area contributed by atoms with Gasteiger partial charge in [-0.05, 0) is 51.9 Å².